The Labute approximate surface area is 123 Å². The lowest BCUT2D eigenvalue weighted by molar-refractivity contribution is -0.133. The molecule has 2 aliphatic heterocycles. The van der Waals surface area contributed by atoms with Gasteiger partial charge in [-0.25, -0.2) is 0 Å². The SMILES string of the molecule is CCCC1NC(CCC)N(C2CCCN(CC)C2)C1=O. The van der Waals surface area contributed by atoms with E-state index in [1.54, 1.807) is 0 Å². The summed E-state index contributed by atoms with van der Waals surface area (Å²) in [4.78, 5) is 17.4. The minimum absolute atomic E-state index is 0.0635. The van der Waals surface area contributed by atoms with Crippen molar-refractivity contribution in [2.24, 2.45) is 0 Å². The zero-order chi connectivity index (χ0) is 14.5. The number of likely N-dealkylation sites (tertiary alicyclic amines) is 1. The fraction of sp³-hybridized carbons (Fsp3) is 0.938. The van der Waals surface area contributed by atoms with Gasteiger partial charge in [0.25, 0.3) is 0 Å². The van der Waals surface area contributed by atoms with E-state index in [-0.39, 0.29) is 12.2 Å². The molecule has 4 nitrogen and oxygen atoms in total. The van der Waals surface area contributed by atoms with Crippen LogP contribution in [0, 0.1) is 0 Å². The molecule has 0 aromatic heterocycles. The second kappa shape index (κ2) is 7.41. The molecule has 3 unspecified atom stereocenters. The molecule has 2 fully saturated rings. The highest BCUT2D eigenvalue weighted by Gasteiger charge is 2.42. The summed E-state index contributed by atoms with van der Waals surface area (Å²) >= 11 is 0. The summed E-state index contributed by atoms with van der Waals surface area (Å²) in [6.07, 6.45) is 6.91. The molecule has 2 rings (SSSR count). The molecule has 0 bridgehead atoms. The molecule has 2 heterocycles. The molecular formula is C16H31N3O. The van der Waals surface area contributed by atoms with Crippen molar-refractivity contribution in [3.05, 3.63) is 0 Å². The highest BCUT2D eigenvalue weighted by atomic mass is 16.2. The van der Waals surface area contributed by atoms with E-state index in [2.05, 4.69) is 35.9 Å². The molecule has 0 radical (unpaired) electrons. The Kier molecular flexibility index (Phi) is 5.85. The molecule has 20 heavy (non-hydrogen) atoms. The third kappa shape index (κ3) is 3.34. The number of amides is 1. The summed E-state index contributed by atoms with van der Waals surface area (Å²) in [5.41, 5.74) is 0. The first-order valence-electron chi connectivity index (χ1n) is 8.51. The fourth-order valence-electron chi connectivity index (χ4n) is 3.69. The number of nitrogens with zero attached hydrogens (tertiary/aromatic N) is 2. The van der Waals surface area contributed by atoms with Gasteiger partial charge in [0.1, 0.15) is 0 Å². The molecule has 1 N–H and O–H groups in total. The minimum atomic E-state index is 0.0635. The standard InChI is InChI=1S/C16H31N3O/c1-4-8-14-16(20)19(15(17-14)9-5-2)13-10-7-11-18(6-3)12-13/h13-15,17H,4-12H2,1-3H3. The lowest BCUT2D eigenvalue weighted by Crippen LogP contribution is -2.52. The molecule has 1 amide bonds. The molecule has 0 aliphatic carbocycles. The number of carbonyl (C=O) groups is 1. The maximum absolute atomic E-state index is 12.7. The maximum Gasteiger partial charge on any atom is 0.241 e. The van der Waals surface area contributed by atoms with E-state index in [0.717, 1.165) is 38.8 Å². The molecule has 2 aliphatic rings. The topological polar surface area (TPSA) is 35.6 Å². The molecule has 0 aromatic carbocycles. The summed E-state index contributed by atoms with van der Waals surface area (Å²) in [5.74, 6) is 0.355. The van der Waals surface area contributed by atoms with Crippen LogP contribution in [0.2, 0.25) is 0 Å². The minimum Gasteiger partial charge on any atom is -0.322 e. The van der Waals surface area contributed by atoms with Gasteiger partial charge in [-0.3, -0.25) is 10.1 Å². The summed E-state index contributed by atoms with van der Waals surface area (Å²) in [6, 6.07) is 0.482. The van der Waals surface area contributed by atoms with Crippen LogP contribution in [0.15, 0.2) is 0 Å². The summed E-state index contributed by atoms with van der Waals surface area (Å²) < 4.78 is 0. The Morgan fingerprint density at radius 2 is 1.95 bits per heavy atom. The van der Waals surface area contributed by atoms with Crippen molar-refractivity contribution in [3.8, 4) is 0 Å². The van der Waals surface area contributed by atoms with E-state index < -0.39 is 0 Å². The van der Waals surface area contributed by atoms with Crippen molar-refractivity contribution in [2.45, 2.75) is 77.5 Å². The van der Waals surface area contributed by atoms with Crippen LogP contribution in [0.4, 0.5) is 0 Å². The molecular weight excluding hydrogens is 250 g/mol. The van der Waals surface area contributed by atoms with Crippen LogP contribution in [0.25, 0.3) is 0 Å². The predicted octanol–water partition coefficient (Wildman–Crippen LogP) is 2.20. The monoisotopic (exact) mass is 281 g/mol. The largest absolute Gasteiger partial charge is 0.322 e. The van der Waals surface area contributed by atoms with Crippen molar-refractivity contribution in [2.75, 3.05) is 19.6 Å². The Bertz CT molecular complexity index is 321. The summed E-state index contributed by atoms with van der Waals surface area (Å²) in [5, 5.41) is 3.58. The number of nitrogens with one attached hydrogen (secondary N) is 1. The van der Waals surface area contributed by atoms with Crippen molar-refractivity contribution in [3.63, 3.8) is 0 Å². The summed E-state index contributed by atoms with van der Waals surface area (Å²) in [7, 11) is 0. The van der Waals surface area contributed by atoms with Crippen LogP contribution in [-0.4, -0.2) is 53.6 Å². The van der Waals surface area contributed by atoms with Crippen LogP contribution >= 0.6 is 0 Å². The third-order valence-corrected chi connectivity index (χ3v) is 4.74. The normalized spacial score (nSPS) is 32.0. The molecule has 116 valence electrons. The molecule has 2 saturated heterocycles. The Morgan fingerprint density at radius 1 is 1.20 bits per heavy atom. The van der Waals surface area contributed by atoms with Crippen LogP contribution in [0.5, 0.6) is 0 Å². The van der Waals surface area contributed by atoms with E-state index in [1.807, 2.05) is 0 Å². The second-order valence-corrected chi connectivity index (χ2v) is 6.25. The van der Waals surface area contributed by atoms with Crippen molar-refractivity contribution in [1.82, 2.24) is 15.1 Å². The highest BCUT2D eigenvalue weighted by Crippen LogP contribution is 2.25. The van der Waals surface area contributed by atoms with Gasteiger partial charge in [0.05, 0.1) is 12.2 Å². The summed E-state index contributed by atoms with van der Waals surface area (Å²) in [6.45, 7) is 9.93. The van der Waals surface area contributed by atoms with E-state index in [4.69, 9.17) is 0 Å². The van der Waals surface area contributed by atoms with Crippen molar-refractivity contribution < 1.29 is 4.79 Å². The van der Waals surface area contributed by atoms with Gasteiger partial charge in [-0.05, 0) is 38.8 Å². The first-order chi connectivity index (χ1) is 9.71. The molecule has 0 saturated carbocycles. The molecule has 0 spiro atoms. The number of hydrogen-bond donors (Lipinski definition) is 1. The van der Waals surface area contributed by atoms with Crippen LogP contribution in [0.3, 0.4) is 0 Å². The fourth-order valence-corrected chi connectivity index (χ4v) is 3.69. The van der Waals surface area contributed by atoms with Gasteiger partial charge in [-0.1, -0.05) is 33.6 Å². The average molecular weight is 281 g/mol. The number of rotatable bonds is 6. The van der Waals surface area contributed by atoms with Gasteiger partial charge >= 0.3 is 0 Å². The van der Waals surface area contributed by atoms with Gasteiger partial charge in [-0.2, -0.15) is 0 Å². The number of hydrogen-bond acceptors (Lipinski definition) is 3. The van der Waals surface area contributed by atoms with Crippen molar-refractivity contribution >= 4 is 5.91 Å². The van der Waals surface area contributed by atoms with Gasteiger partial charge < -0.3 is 9.80 Å². The number of carbonyl (C=O) groups excluding carboxylic acids is 1. The predicted molar refractivity (Wildman–Crippen MR) is 82.5 cm³/mol. The van der Waals surface area contributed by atoms with Gasteiger partial charge in [0, 0.05) is 12.6 Å². The first-order valence-corrected chi connectivity index (χ1v) is 8.51. The van der Waals surface area contributed by atoms with E-state index in [0.29, 0.717) is 11.9 Å². The lowest BCUT2D eigenvalue weighted by Gasteiger charge is -2.39. The second-order valence-electron chi connectivity index (χ2n) is 6.25. The number of piperidine rings is 1. The zero-order valence-corrected chi connectivity index (χ0v) is 13.4. The third-order valence-electron chi connectivity index (χ3n) is 4.74. The van der Waals surface area contributed by atoms with E-state index >= 15 is 0 Å². The van der Waals surface area contributed by atoms with Crippen LogP contribution < -0.4 is 5.32 Å². The van der Waals surface area contributed by atoms with Gasteiger partial charge in [0.2, 0.25) is 5.91 Å². The van der Waals surface area contributed by atoms with Crippen LogP contribution in [0.1, 0.15) is 59.3 Å². The number of likely N-dealkylation sites (N-methyl/N-ethyl adjacent to an activating group) is 1. The lowest BCUT2D eigenvalue weighted by atomic mass is 10.0. The molecule has 3 atom stereocenters. The quantitative estimate of drug-likeness (QED) is 0.811. The molecule has 4 heteroatoms. The maximum atomic E-state index is 12.7. The zero-order valence-electron chi connectivity index (χ0n) is 13.4. The van der Waals surface area contributed by atoms with Crippen LogP contribution in [-0.2, 0) is 4.79 Å². The Hall–Kier alpha value is -0.610. The van der Waals surface area contributed by atoms with E-state index in [9.17, 15) is 4.79 Å². The van der Waals surface area contributed by atoms with Crippen molar-refractivity contribution in [1.29, 1.82) is 0 Å². The Morgan fingerprint density at radius 3 is 2.60 bits per heavy atom. The van der Waals surface area contributed by atoms with Gasteiger partial charge in [-0.15, -0.1) is 0 Å². The average Bonchev–Trinajstić information content (AvgIpc) is 2.76. The van der Waals surface area contributed by atoms with Gasteiger partial charge in [0.15, 0.2) is 0 Å². The first kappa shape index (κ1) is 15.8. The smallest absolute Gasteiger partial charge is 0.241 e. The van der Waals surface area contributed by atoms with E-state index in [1.165, 1.54) is 19.4 Å². The highest BCUT2D eigenvalue weighted by molar-refractivity contribution is 5.84. The molecule has 0 aromatic rings. The Balaban J connectivity index is 2.07.